The van der Waals surface area contributed by atoms with Crippen LogP contribution >= 0.6 is 7.82 Å². The zero-order valence-electron chi connectivity index (χ0n) is 18.0. The van der Waals surface area contributed by atoms with Crippen molar-refractivity contribution >= 4 is 19.4 Å². The van der Waals surface area contributed by atoms with E-state index in [9.17, 15) is 19.3 Å². The van der Waals surface area contributed by atoms with Crippen molar-refractivity contribution < 1.29 is 38.0 Å². The summed E-state index contributed by atoms with van der Waals surface area (Å²) < 4.78 is 30.8. The molecular formula is C22H30FO7P. The van der Waals surface area contributed by atoms with E-state index in [1.165, 1.54) is 6.08 Å². The van der Waals surface area contributed by atoms with Crippen LogP contribution in [0.25, 0.3) is 0 Å². The Morgan fingerprint density at radius 3 is 2.61 bits per heavy atom. The predicted octanol–water partition coefficient (Wildman–Crippen LogP) is 3.04. The van der Waals surface area contributed by atoms with Crippen molar-refractivity contribution in [1.29, 1.82) is 0 Å². The summed E-state index contributed by atoms with van der Waals surface area (Å²) in [5.41, 5.74) is -1.63. The maximum Gasteiger partial charge on any atom is 0.470 e. The molecule has 31 heavy (non-hydrogen) atoms. The average Bonchev–Trinajstić information content (AvgIpc) is 2.89. The Kier molecular flexibility index (Phi) is 5.31. The summed E-state index contributed by atoms with van der Waals surface area (Å²) in [7, 11) is -4.86. The molecule has 4 aliphatic rings. The van der Waals surface area contributed by atoms with Gasteiger partial charge in [-0.05, 0) is 55.1 Å². The van der Waals surface area contributed by atoms with E-state index in [0.29, 0.717) is 31.3 Å². The van der Waals surface area contributed by atoms with Crippen LogP contribution in [0.15, 0.2) is 23.3 Å². The van der Waals surface area contributed by atoms with Gasteiger partial charge in [-0.25, -0.2) is 8.96 Å². The third kappa shape index (κ3) is 3.25. The van der Waals surface area contributed by atoms with Crippen LogP contribution in [0.5, 0.6) is 0 Å². The summed E-state index contributed by atoms with van der Waals surface area (Å²) in [5.74, 6) is -1.61. The lowest BCUT2D eigenvalue weighted by Crippen LogP contribution is -2.58. The minimum absolute atomic E-state index is 0.0469. The van der Waals surface area contributed by atoms with Gasteiger partial charge in [-0.2, -0.15) is 0 Å². The van der Waals surface area contributed by atoms with Gasteiger partial charge < -0.3 is 14.9 Å². The number of halogens is 1. The zero-order valence-corrected chi connectivity index (χ0v) is 18.9. The van der Waals surface area contributed by atoms with Gasteiger partial charge in [-0.15, -0.1) is 0 Å². The lowest BCUT2D eigenvalue weighted by molar-refractivity contribution is -0.161. The fraction of sp³-hybridized carbons (Fsp3) is 0.727. The normalized spacial score (nSPS) is 44.7. The van der Waals surface area contributed by atoms with Gasteiger partial charge in [0.05, 0.1) is 0 Å². The number of phosphoric ester groups is 1. The number of carbonyl (C=O) groups is 2. The topological polar surface area (TPSA) is 121 Å². The summed E-state index contributed by atoms with van der Waals surface area (Å²) in [4.78, 5) is 42.9. The number of rotatable bonds is 4. The molecule has 0 saturated heterocycles. The predicted molar refractivity (Wildman–Crippen MR) is 109 cm³/mol. The number of aliphatic hydroxyl groups is 1. The lowest BCUT2D eigenvalue weighted by atomic mass is 9.50. The fourth-order valence-electron chi connectivity index (χ4n) is 7.05. The first kappa shape index (κ1) is 23.0. The maximum atomic E-state index is 15.3. The van der Waals surface area contributed by atoms with Crippen molar-refractivity contribution in [3.05, 3.63) is 23.3 Å². The molecule has 0 aromatic heterocycles. The SMILES string of the molecule is C[C@H]1CC2C3C[C@H](F)C4=CC(=O)CCC4(C)C3=CCC2(C)[C@@]1(O)C(=O)COP(=O)(O)O. The molecule has 0 aromatic carbocycles. The van der Waals surface area contributed by atoms with Crippen LogP contribution in [0.2, 0.25) is 0 Å². The van der Waals surface area contributed by atoms with Crippen molar-refractivity contribution in [2.45, 2.75) is 64.6 Å². The largest absolute Gasteiger partial charge is 0.470 e. The number of hydrogen-bond donors (Lipinski definition) is 3. The molecule has 3 N–H and O–H groups in total. The lowest BCUT2D eigenvalue weighted by Gasteiger charge is -2.55. The van der Waals surface area contributed by atoms with Gasteiger partial charge in [0, 0.05) is 17.3 Å². The smallest absolute Gasteiger partial charge is 0.381 e. The molecular weight excluding hydrogens is 426 g/mol. The van der Waals surface area contributed by atoms with Crippen LogP contribution < -0.4 is 0 Å². The van der Waals surface area contributed by atoms with Crippen LogP contribution in [-0.2, 0) is 18.7 Å². The Labute approximate surface area is 181 Å². The van der Waals surface area contributed by atoms with Crippen LogP contribution in [0.4, 0.5) is 4.39 Å². The number of ketones is 2. The van der Waals surface area contributed by atoms with E-state index in [4.69, 9.17) is 9.79 Å². The summed E-state index contributed by atoms with van der Waals surface area (Å²) in [6.45, 7) is 4.67. The molecule has 9 heteroatoms. The Balaban J connectivity index is 1.72. The minimum Gasteiger partial charge on any atom is -0.381 e. The first-order valence-electron chi connectivity index (χ1n) is 10.8. The zero-order chi connectivity index (χ0) is 23.0. The molecule has 2 saturated carbocycles. The third-order valence-electron chi connectivity index (χ3n) is 8.69. The van der Waals surface area contributed by atoms with Crippen LogP contribution in [-0.4, -0.2) is 44.8 Å². The Bertz CT molecular complexity index is 938. The van der Waals surface area contributed by atoms with Crippen molar-refractivity contribution in [3.63, 3.8) is 0 Å². The number of hydrogen-bond acceptors (Lipinski definition) is 5. The van der Waals surface area contributed by atoms with E-state index in [1.54, 1.807) is 6.92 Å². The summed E-state index contributed by atoms with van der Waals surface area (Å²) >= 11 is 0. The number of Topliss-reactive ketones (excluding diaryl/α,β-unsaturated/α-hetero) is 1. The summed E-state index contributed by atoms with van der Waals surface area (Å²) in [5, 5.41) is 11.6. The quantitative estimate of drug-likeness (QED) is 0.439. The van der Waals surface area contributed by atoms with E-state index in [2.05, 4.69) is 4.52 Å². The number of allylic oxidation sites excluding steroid dienone is 4. The first-order chi connectivity index (χ1) is 14.2. The van der Waals surface area contributed by atoms with Gasteiger partial charge in [0.1, 0.15) is 18.4 Å². The van der Waals surface area contributed by atoms with Gasteiger partial charge in [0.25, 0.3) is 0 Å². The van der Waals surface area contributed by atoms with E-state index < -0.39 is 48.7 Å². The van der Waals surface area contributed by atoms with E-state index in [-0.39, 0.29) is 24.0 Å². The molecule has 0 bridgehead atoms. The number of alkyl halides is 1. The Hall–Kier alpha value is -1.18. The molecule has 0 radical (unpaired) electrons. The highest BCUT2D eigenvalue weighted by atomic mass is 31.2. The maximum absolute atomic E-state index is 15.3. The highest BCUT2D eigenvalue weighted by molar-refractivity contribution is 7.46. The Morgan fingerprint density at radius 1 is 1.29 bits per heavy atom. The first-order valence-corrected chi connectivity index (χ1v) is 12.3. The van der Waals surface area contributed by atoms with Crippen molar-refractivity contribution in [2.75, 3.05) is 6.61 Å². The van der Waals surface area contributed by atoms with Gasteiger partial charge in [-0.1, -0.05) is 32.4 Å². The molecule has 7 nitrogen and oxygen atoms in total. The van der Waals surface area contributed by atoms with Crippen molar-refractivity contribution in [1.82, 2.24) is 0 Å². The van der Waals surface area contributed by atoms with E-state index in [0.717, 1.165) is 5.57 Å². The molecule has 4 unspecified atom stereocenters. The molecule has 4 aliphatic carbocycles. The second-order valence-electron chi connectivity index (χ2n) is 10.2. The van der Waals surface area contributed by atoms with Crippen molar-refractivity contribution in [3.8, 4) is 0 Å². The molecule has 4 rings (SSSR count). The van der Waals surface area contributed by atoms with E-state index >= 15 is 4.39 Å². The fourth-order valence-corrected chi connectivity index (χ4v) is 7.34. The second-order valence-corrected chi connectivity index (χ2v) is 11.4. The van der Waals surface area contributed by atoms with Crippen molar-refractivity contribution in [2.24, 2.45) is 28.6 Å². The summed E-state index contributed by atoms with van der Waals surface area (Å²) in [6.07, 6.45) is 4.24. The number of fused-ring (bicyclic) bond motifs is 5. The van der Waals surface area contributed by atoms with Crippen LogP contribution in [0, 0.1) is 28.6 Å². The molecule has 0 heterocycles. The second kappa shape index (κ2) is 7.16. The molecule has 7 atom stereocenters. The van der Waals surface area contributed by atoms with Crippen LogP contribution in [0.3, 0.4) is 0 Å². The van der Waals surface area contributed by atoms with Gasteiger partial charge in [0.15, 0.2) is 11.6 Å². The minimum atomic E-state index is -4.86. The van der Waals surface area contributed by atoms with E-state index in [1.807, 2.05) is 19.9 Å². The molecule has 172 valence electrons. The highest BCUT2D eigenvalue weighted by Crippen LogP contribution is 2.67. The third-order valence-corrected chi connectivity index (χ3v) is 9.16. The molecule has 0 amide bonds. The molecule has 0 spiro atoms. The molecule has 0 aromatic rings. The monoisotopic (exact) mass is 456 g/mol. The van der Waals surface area contributed by atoms with Crippen LogP contribution in [0.1, 0.15) is 52.9 Å². The average molecular weight is 456 g/mol. The Morgan fingerprint density at radius 2 is 1.97 bits per heavy atom. The van der Waals surface area contributed by atoms with Gasteiger partial charge in [-0.3, -0.25) is 14.1 Å². The van der Waals surface area contributed by atoms with Gasteiger partial charge >= 0.3 is 7.82 Å². The number of carbonyl (C=O) groups excluding carboxylic acids is 2. The standard InChI is InChI=1S/C22H30FO7P/c1-12-8-16-14-10-18(23)17-9-13(24)4-6-20(17,2)15(14)5-7-21(16,3)22(12,26)19(25)11-30-31(27,28)29/h5,9,12,14,16,18,26H,4,6-8,10-11H2,1-3H3,(H2,27,28,29)/t12-,14?,16?,18-,20?,21?,22-/m0/s1. The summed E-state index contributed by atoms with van der Waals surface area (Å²) in [6, 6.07) is 0. The molecule has 0 aliphatic heterocycles. The molecule has 2 fully saturated rings. The van der Waals surface area contributed by atoms with Gasteiger partial charge in [0.2, 0.25) is 0 Å². The number of phosphoric acid groups is 1. The highest BCUT2D eigenvalue weighted by Gasteiger charge is 2.68.